The molecule has 2 atom stereocenters. The van der Waals surface area contributed by atoms with Crippen LogP contribution in [0.2, 0.25) is 0 Å². The van der Waals surface area contributed by atoms with Gasteiger partial charge in [0.15, 0.2) is 0 Å². The quantitative estimate of drug-likeness (QED) is 0.229. The van der Waals surface area contributed by atoms with Gasteiger partial charge in [-0.05, 0) is 67.6 Å². The van der Waals surface area contributed by atoms with Crippen molar-refractivity contribution in [1.29, 1.82) is 0 Å². The van der Waals surface area contributed by atoms with Gasteiger partial charge in [0.2, 0.25) is 0 Å². The van der Waals surface area contributed by atoms with Crippen LogP contribution in [-0.2, 0) is 32.5 Å². The molecule has 0 saturated carbocycles. The highest BCUT2D eigenvalue weighted by atomic mass is 32.2. The van der Waals surface area contributed by atoms with Gasteiger partial charge in [0, 0.05) is 30.3 Å². The zero-order valence-electron chi connectivity index (χ0n) is 24.6. The minimum Gasteiger partial charge on any atom is -0.480 e. The zero-order valence-corrected chi connectivity index (χ0v) is 27.1. The van der Waals surface area contributed by atoms with Crippen LogP contribution in [0.25, 0.3) is 11.1 Å². The maximum atomic E-state index is 13.4. The number of hydrogen-bond donors (Lipinski definition) is 2. The van der Waals surface area contributed by atoms with Crippen molar-refractivity contribution < 1.29 is 27.9 Å². The van der Waals surface area contributed by atoms with Gasteiger partial charge >= 0.3 is 5.97 Å². The lowest BCUT2D eigenvalue weighted by Crippen LogP contribution is -2.42. The summed E-state index contributed by atoms with van der Waals surface area (Å²) in [6, 6.07) is 11.7. The van der Waals surface area contributed by atoms with Crippen LogP contribution < -0.4 is 5.32 Å². The second-order valence-electron chi connectivity index (χ2n) is 10.3. The van der Waals surface area contributed by atoms with Crippen LogP contribution in [0.5, 0.6) is 0 Å². The summed E-state index contributed by atoms with van der Waals surface area (Å²) in [5, 5.41) is 13.2. The number of aliphatic carboxylic acids is 1. The number of hydrogen-bond acceptors (Lipinski definition) is 9. The Bertz CT molecular complexity index is 1470. The first kappa shape index (κ1) is 33.7. The van der Waals surface area contributed by atoms with Gasteiger partial charge in [-0.25, -0.2) is 18.2 Å². The average Bonchev–Trinajstić information content (AvgIpc) is 3.38. The topological polar surface area (TPSA) is 126 Å². The number of thiazole rings is 1. The molecule has 0 saturated heterocycles. The van der Waals surface area contributed by atoms with Gasteiger partial charge in [0.25, 0.3) is 5.91 Å². The van der Waals surface area contributed by atoms with E-state index < -0.39 is 27.8 Å². The summed E-state index contributed by atoms with van der Waals surface area (Å²) in [6.07, 6.45) is 2.56. The lowest BCUT2D eigenvalue weighted by Gasteiger charge is -2.19. The van der Waals surface area contributed by atoms with Crippen LogP contribution in [0.4, 0.5) is 0 Å². The van der Waals surface area contributed by atoms with E-state index in [0.717, 1.165) is 50.9 Å². The Hall–Kier alpha value is -2.77. The molecule has 9 nitrogen and oxygen atoms in total. The number of benzene rings is 2. The van der Waals surface area contributed by atoms with Crippen molar-refractivity contribution in [3.8, 4) is 11.1 Å². The van der Waals surface area contributed by atoms with Gasteiger partial charge in [0.1, 0.15) is 27.0 Å². The third-order valence-electron chi connectivity index (χ3n) is 6.41. The molecule has 42 heavy (non-hydrogen) atoms. The monoisotopic (exact) mass is 633 g/mol. The molecule has 0 fully saturated rings. The van der Waals surface area contributed by atoms with E-state index in [1.54, 1.807) is 35.2 Å². The highest BCUT2D eigenvalue weighted by molar-refractivity contribution is 7.99. The molecule has 1 aromatic heterocycles. The molecule has 0 bridgehead atoms. The van der Waals surface area contributed by atoms with E-state index in [4.69, 9.17) is 4.74 Å². The third-order valence-corrected chi connectivity index (χ3v) is 9.41. The van der Waals surface area contributed by atoms with Crippen LogP contribution in [0, 0.1) is 6.92 Å². The Labute approximate surface area is 256 Å². The van der Waals surface area contributed by atoms with Crippen LogP contribution in [0.1, 0.15) is 50.8 Å². The van der Waals surface area contributed by atoms with Crippen molar-refractivity contribution in [1.82, 2.24) is 15.2 Å². The van der Waals surface area contributed by atoms with Crippen LogP contribution in [-0.4, -0.2) is 78.9 Å². The number of sulfone groups is 1. The van der Waals surface area contributed by atoms with Gasteiger partial charge in [-0.15, -0.1) is 11.3 Å². The predicted molar refractivity (Wildman–Crippen MR) is 170 cm³/mol. The smallest absolute Gasteiger partial charge is 0.326 e. The third kappa shape index (κ3) is 10.2. The van der Waals surface area contributed by atoms with E-state index in [-0.39, 0.29) is 18.3 Å². The Morgan fingerprint density at radius 3 is 2.55 bits per heavy atom. The van der Waals surface area contributed by atoms with Gasteiger partial charge < -0.3 is 20.1 Å². The Morgan fingerprint density at radius 1 is 1.17 bits per heavy atom. The summed E-state index contributed by atoms with van der Waals surface area (Å²) in [6.45, 7) is 5.13. The molecular formula is C30H39N3O6S3. The van der Waals surface area contributed by atoms with E-state index in [1.165, 1.54) is 0 Å². The first-order valence-electron chi connectivity index (χ1n) is 13.6. The number of carbonyl (C=O) groups is 2. The van der Waals surface area contributed by atoms with Crippen LogP contribution in [0.3, 0.4) is 0 Å². The van der Waals surface area contributed by atoms with E-state index in [1.807, 2.05) is 57.5 Å². The molecule has 1 heterocycles. The van der Waals surface area contributed by atoms with Crippen molar-refractivity contribution in [3.63, 3.8) is 0 Å². The number of aromatic nitrogens is 1. The maximum absolute atomic E-state index is 13.4. The Balaban J connectivity index is 1.89. The molecular weight excluding hydrogens is 595 g/mol. The highest BCUT2D eigenvalue weighted by Crippen LogP contribution is 2.31. The highest BCUT2D eigenvalue weighted by Gasteiger charge is 2.24. The molecule has 0 aliphatic heterocycles. The Morgan fingerprint density at radius 2 is 1.90 bits per heavy atom. The molecule has 228 valence electrons. The lowest BCUT2D eigenvalue weighted by molar-refractivity contribution is -0.139. The van der Waals surface area contributed by atoms with Gasteiger partial charge in [-0.1, -0.05) is 37.3 Å². The number of carboxylic acid groups (broad SMARTS) is 1. The van der Waals surface area contributed by atoms with Crippen molar-refractivity contribution in [2.75, 3.05) is 37.6 Å². The fourth-order valence-corrected chi connectivity index (χ4v) is 6.84. The van der Waals surface area contributed by atoms with Crippen LogP contribution >= 0.6 is 23.1 Å². The van der Waals surface area contributed by atoms with Crippen molar-refractivity contribution in [3.05, 3.63) is 75.2 Å². The van der Waals surface area contributed by atoms with Crippen molar-refractivity contribution in [2.24, 2.45) is 0 Å². The fraction of sp³-hybridized carbons (Fsp3) is 0.433. The summed E-state index contributed by atoms with van der Waals surface area (Å²) in [4.78, 5) is 32.9. The molecule has 1 amide bonds. The summed E-state index contributed by atoms with van der Waals surface area (Å²) in [5.41, 5.74) is 3.59. The average molecular weight is 634 g/mol. The number of rotatable bonds is 16. The van der Waals surface area contributed by atoms with E-state index in [9.17, 15) is 23.1 Å². The molecule has 0 unspecified atom stereocenters. The number of thioether (sulfide) groups is 1. The van der Waals surface area contributed by atoms with Crippen molar-refractivity contribution in [2.45, 2.75) is 45.6 Å². The van der Waals surface area contributed by atoms with Crippen LogP contribution in [0.15, 0.2) is 48.7 Å². The standard InChI is InChI=1S/C30H39N3O6S3/c1-6-40-19-26(27-16-31-28(41-27)17-33(3)4)39-18-21-11-12-23(24(15-21)22-10-8-7-9-20(22)2)29(34)32-25(30(35)36)13-14-42(5,37)38/h7-12,15-16,25-26H,6,13-14,17-19H2,1-5H3,(H,32,34)(H,35,36)/t25-,26-/m0/s1. The van der Waals surface area contributed by atoms with E-state index in [2.05, 4.69) is 22.1 Å². The van der Waals surface area contributed by atoms with Gasteiger partial charge in [-0.2, -0.15) is 11.8 Å². The molecule has 3 rings (SSSR count). The summed E-state index contributed by atoms with van der Waals surface area (Å²) < 4.78 is 29.6. The molecule has 12 heteroatoms. The van der Waals surface area contributed by atoms with Gasteiger partial charge in [-0.3, -0.25) is 4.79 Å². The van der Waals surface area contributed by atoms with Crippen molar-refractivity contribution >= 4 is 44.8 Å². The first-order chi connectivity index (χ1) is 19.9. The normalized spacial score (nSPS) is 13.2. The lowest BCUT2D eigenvalue weighted by atomic mass is 9.93. The predicted octanol–water partition coefficient (Wildman–Crippen LogP) is 4.81. The maximum Gasteiger partial charge on any atom is 0.326 e. The number of amides is 1. The molecule has 0 radical (unpaired) electrons. The summed E-state index contributed by atoms with van der Waals surface area (Å²) >= 11 is 3.44. The second-order valence-corrected chi connectivity index (χ2v) is 15.1. The molecule has 0 aliphatic carbocycles. The summed E-state index contributed by atoms with van der Waals surface area (Å²) in [5.74, 6) is -0.473. The van der Waals surface area contributed by atoms with E-state index >= 15 is 0 Å². The molecule has 2 aromatic carbocycles. The molecule has 3 aromatic rings. The summed E-state index contributed by atoms with van der Waals surface area (Å²) in [7, 11) is 0.624. The number of ether oxygens (including phenoxy) is 1. The first-order valence-corrected chi connectivity index (χ1v) is 17.6. The number of nitrogens with one attached hydrogen (secondary N) is 1. The number of nitrogens with zero attached hydrogens (tertiary/aromatic N) is 2. The number of carboxylic acids is 1. The largest absolute Gasteiger partial charge is 0.480 e. The Kier molecular flexibility index (Phi) is 12.6. The molecule has 0 aliphatic rings. The SMILES string of the molecule is CCSC[C@H](OCc1ccc(C(=O)N[C@@H](CCS(C)(=O)=O)C(=O)O)c(-c2ccccc2C)c1)c1cnc(CN(C)C)s1. The minimum absolute atomic E-state index is 0.139. The van der Waals surface area contributed by atoms with Gasteiger partial charge in [0.05, 0.1) is 17.2 Å². The molecule has 2 N–H and O–H groups in total. The number of aryl methyl sites for hydroxylation is 1. The van der Waals surface area contributed by atoms with E-state index in [0.29, 0.717) is 17.7 Å². The zero-order chi connectivity index (χ0) is 30.9. The second kappa shape index (κ2) is 15.6. The minimum atomic E-state index is -3.39. The molecule has 0 spiro atoms. The number of carbonyl (C=O) groups excluding carboxylic acids is 1. The fourth-order valence-electron chi connectivity index (χ4n) is 4.25.